The van der Waals surface area contributed by atoms with Crippen molar-refractivity contribution in [2.24, 2.45) is 5.92 Å². The van der Waals surface area contributed by atoms with Crippen LogP contribution in [-0.4, -0.2) is 17.6 Å². The Kier molecular flexibility index (Phi) is 4.47. The van der Waals surface area contributed by atoms with E-state index in [1.165, 1.54) is 11.8 Å². The minimum absolute atomic E-state index is 0.000898. The molecule has 2 N–H and O–H groups in total. The minimum Gasteiger partial charge on any atom is -0.326 e. The van der Waals surface area contributed by atoms with Gasteiger partial charge in [-0.2, -0.15) is 0 Å². The lowest BCUT2D eigenvalue weighted by Gasteiger charge is -2.18. The predicted octanol–water partition coefficient (Wildman–Crippen LogP) is 3.11. The maximum absolute atomic E-state index is 12.0. The van der Waals surface area contributed by atoms with Crippen LogP contribution in [0.2, 0.25) is 0 Å². The van der Waals surface area contributed by atoms with E-state index in [1.807, 2.05) is 32.0 Å². The minimum atomic E-state index is 0.000898. The monoisotopic (exact) mass is 278 g/mol. The first kappa shape index (κ1) is 13.9. The molecule has 1 aromatic carbocycles. The Morgan fingerprint density at radius 1 is 1.42 bits per heavy atom. The van der Waals surface area contributed by atoms with Gasteiger partial charge in [0, 0.05) is 16.5 Å². The molecule has 0 bridgehead atoms. The highest BCUT2D eigenvalue weighted by Gasteiger charge is 2.17. The molecular formula is C14H18N2O2S. The van der Waals surface area contributed by atoms with Gasteiger partial charge in [-0.1, -0.05) is 13.8 Å². The van der Waals surface area contributed by atoms with Crippen molar-refractivity contribution in [1.29, 1.82) is 0 Å². The summed E-state index contributed by atoms with van der Waals surface area (Å²) in [5.41, 5.74) is 1.52. The van der Waals surface area contributed by atoms with Gasteiger partial charge >= 0.3 is 0 Å². The first-order chi connectivity index (χ1) is 9.13. The van der Waals surface area contributed by atoms with Gasteiger partial charge < -0.3 is 10.6 Å². The van der Waals surface area contributed by atoms with Crippen LogP contribution in [0, 0.1) is 5.92 Å². The summed E-state index contributed by atoms with van der Waals surface area (Å²) in [6.07, 6.45) is 1.67. The summed E-state index contributed by atoms with van der Waals surface area (Å²) in [6.45, 7) is 4.02. The lowest BCUT2D eigenvalue weighted by Crippen LogP contribution is -2.22. The molecule has 0 spiro atoms. The number of benzene rings is 1. The summed E-state index contributed by atoms with van der Waals surface area (Å²) < 4.78 is 0. The third kappa shape index (κ3) is 3.29. The Bertz CT molecular complexity index is 498. The molecule has 0 unspecified atom stereocenters. The molecule has 1 aliphatic heterocycles. The number of carbonyl (C=O) groups excluding carboxylic acids is 2. The SMILES string of the molecule is CCC(CC)C(=O)Nc1ccc2c(c1)NC(=O)CS2. The molecule has 19 heavy (non-hydrogen) atoms. The highest BCUT2D eigenvalue weighted by atomic mass is 32.2. The summed E-state index contributed by atoms with van der Waals surface area (Å²) in [7, 11) is 0. The number of thioether (sulfide) groups is 1. The second-order valence-corrected chi connectivity index (χ2v) is 5.57. The van der Waals surface area contributed by atoms with Gasteiger partial charge in [-0.25, -0.2) is 0 Å². The van der Waals surface area contributed by atoms with Gasteiger partial charge in [-0.05, 0) is 31.0 Å². The molecule has 0 radical (unpaired) electrons. The first-order valence-electron chi connectivity index (χ1n) is 6.51. The summed E-state index contributed by atoms with van der Waals surface area (Å²) in [6, 6.07) is 5.63. The maximum atomic E-state index is 12.0. The quantitative estimate of drug-likeness (QED) is 0.889. The zero-order valence-corrected chi connectivity index (χ0v) is 12.0. The van der Waals surface area contributed by atoms with E-state index in [2.05, 4.69) is 10.6 Å². The van der Waals surface area contributed by atoms with Crippen LogP contribution in [0.4, 0.5) is 11.4 Å². The molecule has 0 saturated carbocycles. The summed E-state index contributed by atoms with van der Waals surface area (Å²) >= 11 is 1.51. The van der Waals surface area contributed by atoms with Gasteiger partial charge in [0.25, 0.3) is 0 Å². The lowest BCUT2D eigenvalue weighted by atomic mass is 10.0. The Morgan fingerprint density at radius 2 is 2.16 bits per heavy atom. The molecule has 102 valence electrons. The van der Waals surface area contributed by atoms with Crippen molar-refractivity contribution in [3.8, 4) is 0 Å². The van der Waals surface area contributed by atoms with Crippen LogP contribution in [-0.2, 0) is 9.59 Å². The smallest absolute Gasteiger partial charge is 0.234 e. The summed E-state index contributed by atoms with van der Waals surface area (Å²) in [5, 5.41) is 5.73. The van der Waals surface area contributed by atoms with E-state index in [0.717, 1.165) is 29.1 Å². The van der Waals surface area contributed by atoms with E-state index in [-0.39, 0.29) is 17.7 Å². The number of hydrogen-bond donors (Lipinski definition) is 2. The Hall–Kier alpha value is -1.49. The van der Waals surface area contributed by atoms with Crippen LogP contribution >= 0.6 is 11.8 Å². The average Bonchev–Trinajstić information content (AvgIpc) is 2.39. The fourth-order valence-corrected chi connectivity index (χ4v) is 2.85. The van der Waals surface area contributed by atoms with Crippen molar-refractivity contribution in [2.75, 3.05) is 16.4 Å². The Balaban J connectivity index is 2.12. The van der Waals surface area contributed by atoms with Crippen molar-refractivity contribution >= 4 is 35.0 Å². The normalized spacial score (nSPS) is 13.9. The fraction of sp³-hybridized carbons (Fsp3) is 0.429. The van der Waals surface area contributed by atoms with Crippen molar-refractivity contribution < 1.29 is 9.59 Å². The van der Waals surface area contributed by atoms with E-state index >= 15 is 0 Å². The van der Waals surface area contributed by atoms with Crippen LogP contribution in [0.15, 0.2) is 23.1 Å². The van der Waals surface area contributed by atoms with E-state index in [4.69, 9.17) is 0 Å². The number of carbonyl (C=O) groups is 2. The molecule has 2 amide bonds. The summed E-state index contributed by atoms with van der Waals surface area (Å²) in [5.74, 6) is 0.535. The number of anilines is 2. The maximum Gasteiger partial charge on any atom is 0.234 e. The van der Waals surface area contributed by atoms with Gasteiger partial charge in [0.2, 0.25) is 11.8 Å². The van der Waals surface area contributed by atoms with Crippen LogP contribution in [0.3, 0.4) is 0 Å². The molecule has 0 fully saturated rings. The number of nitrogens with one attached hydrogen (secondary N) is 2. The Morgan fingerprint density at radius 3 is 2.84 bits per heavy atom. The van der Waals surface area contributed by atoms with E-state index in [9.17, 15) is 9.59 Å². The molecule has 1 aliphatic rings. The number of amides is 2. The van der Waals surface area contributed by atoms with Gasteiger partial charge in [-0.3, -0.25) is 9.59 Å². The largest absolute Gasteiger partial charge is 0.326 e. The third-order valence-electron chi connectivity index (χ3n) is 3.24. The molecule has 0 aromatic heterocycles. The molecule has 0 atom stereocenters. The van der Waals surface area contributed by atoms with Gasteiger partial charge in [0.15, 0.2) is 0 Å². The van der Waals surface area contributed by atoms with Gasteiger partial charge in [0.1, 0.15) is 0 Å². The average molecular weight is 278 g/mol. The number of hydrogen-bond acceptors (Lipinski definition) is 3. The molecule has 1 aromatic rings. The van der Waals surface area contributed by atoms with Crippen LogP contribution in [0.1, 0.15) is 26.7 Å². The number of fused-ring (bicyclic) bond motifs is 1. The zero-order chi connectivity index (χ0) is 13.8. The van der Waals surface area contributed by atoms with Crippen LogP contribution < -0.4 is 10.6 Å². The van der Waals surface area contributed by atoms with E-state index < -0.39 is 0 Å². The van der Waals surface area contributed by atoms with Crippen LogP contribution in [0.25, 0.3) is 0 Å². The molecule has 4 nitrogen and oxygen atoms in total. The van der Waals surface area contributed by atoms with E-state index in [1.54, 1.807) is 0 Å². The molecule has 0 saturated heterocycles. The van der Waals surface area contributed by atoms with Gasteiger partial charge in [0.05, 0.1) is 11.4 Å². The highest BCUT2D eigenvalue weighted by molar-refractivity contribution is 8.00. The number of rotatable bonds is 4. The summed E-state index contributed by atoms with van der Waals surface area (Å²) in [4.78, 5) is 24.4. The topological polar surface area (TPSA) is 58.2 Å². The fourth-order valence-electron chi connectivity index (χ4n) is 2.06. The van der Waals surface area contributed by atoms with Crippen molar-refractivity contribution in [3.05, 3.63) is 18.2 Å². The van der Waals surface area contributed by atoms with Gasteiger partial charge in [-0.15, -0.1) is 11.8 Å². The van der Waals surface area contributed by atoms with E-state index in [0.29, 0.717) is 5.75 Å². The zero-order valence-electron chi connectivity index (χ0n) is 11.2. The second kappa shape index (κ2) is 6.10. The molecule has 2 rings (SSSR count). The molecule has 0 aliphatic carbocycles. The van der Waals surface area contributed by atoms with Crippen molar-refractivity contribution in [2.45, 2.75) is 31.6 Å². The first-order valence-corrected chi connectivity index (χ1v) is 7.50. The standard InChI is InChI=1S/C14H18N2O2S/c1-3-9(4-2)14(18)15-10-5-6-12-11(7-10)16-13(17)8-19-12/h5-7,9H,3-4,8H2,1-2H3,(H,15,18)(H,16,17). The van der Waals surface area contributed by atoms with Crippen molar-refractivity contribution in [3.63, 3.8) is 0 Å². The molecule has 1 heterocycles. The predicted molar refractivity (Wildman–Crippen MR) is 78.5 cm³/mol. The highest BCUT2D eigenvalue weighted by Crippen LogP contribution is 2.33. The van der Waals surface area contributed by atoms with Crippen LogP contribution in [0.5, 0.6) is 0 Å². The lowest BCUT2D eigenvalue weighted by molar-refractivity contribution is -0.120. The molecular weight excluding hydrogens is 260 g/mol. The second-order valence-electron chi connectivity index (χ2n) is 4.55. The Labute approximate surface area is 117 Å². The molecule has 5 heteroatoms. The third-order valence-corrected chi connectivity index (χ3v) is 4.31. The van der Waals surface area contributed by atoms with Crippen molar-refractivity contribution in [1.82, 2.24) is 0 Å².